The van der Waals surface area contributed by atoms with Crippen molar-refractivity contribution in [2.45, 2.75) is 20.3 Å². The first-order valence-electron chi connectivity index (χ1n) is 6.51. The lowest BCUT2D eigenvalue weighted by molar-refractivity contribution is -0.123. The first-order chi connectivity index (χ1) is 9.63. The molecule has 0 aliphatic carbocycles. The highest BCUT2D eigenvalue weighted by molar-refractivity contribution is 5.77. The van der Waals surface area contributed by atoms with E-state index in [0.717, 1.165) is 11.3 Å². The van der Waals surface area contributed by atoms with Gasteiger partial charge >= 0.3 is 0 Å². The highest BCUT2D eigenvalue weighted by Gasteiger charge is 2.04. The Labute approximate surface area is 118 Å². The number of oxazole rings is 1. The molecular formula is C15H18N2O3. The molecule has 0 spiro atoms. The molecule has 0 unspecified atom stereocenters. The van der Waals surface area contributed by atoms with Gasteiger partial charge in [-0.25, -0.2) is 4.98 Å². The fourth-order valence-corrected chi connectivity index (χ4v) is 1.73. The van der Waals surface area contributed by atoms with Crippen LogP contribution in [0.25, 0.3) is 0 Å². The molecular weight excluding hydrogens is 256 g/mol. The Balaban J connectivity index is 1.68. The van der Waals surface area contributed by atoms with E-state index in [4.69, 9.17) is 9.15 Å². The lowest BCUT2D eigenvalue weighted by atomic mass is 10.2. The van der Waals surface area contributed by atoms with Crippen LogP contribution in [0.5, 0.6) is 5.75 Å². The van der Waals surface area contributed by atoms with Gasteiger partial charge in [0.1, 0.15) is 11.5 Å². The van der Waals surface area contributed by atoms with E-state index in [1.807, 2.05) is 38.1 Å². The summed E-state index contributed by atoms with van der Waals surface area (Å²) >= 11 is 0. The molecule has 0 bridgehead atoms. The molecule has 0 saturated carbocycles. The van der Waals surface area contributed by atoms with E-state index >= 15 is 0 Å². The van der Waals surface area contributed by atoms with Gasteiger partial charge in [-0.05, 0) is 31.5 Å². The Morgan fingerprint density at radius 1 is 1.40 bits per heavy atom. The first kappa shape index (κ1) is 14.1. The third-order valence-electron chi connectivity index (χ3n) is 2.69. The fraction of sp³-hybridized carbons (Fsp3) is 0.333. The van der Waals surface area contributed by atoms with E-state index in [0.29, 0.717) is 24.6 Å². The van der Waals surface area contributed by atoms with Gasteiger partial charge in [0.05, 0.1) is 6.20 Å². The van der Waals surface area contributed by atoms with Gasteiger partial charge in [0.25, 0.3) is 5.91 Å². The van der Waals surface area contributed by atoms with Gasteiger partial charge in [0.2, 0.25) is 0 Å². The zero-order chi connectivity index (χ0) is 14.4. The highest BCUT2D eigenvalue weighted by Crippen LogP contribution is 2.11. The average Bonchev–Trinajstić information content (AvgIpc) is 2.82. The number of ether oxygens (including phenoxy) is 1. The summed E-state index contributed by atoms with van der Waals surface area (Å²) in [5.41, 5.74) is 1.10. The molecule has 106 valence electrons. The number of nitrogens with zero attached hydrogens (tertiary/aromatic N) is 1. The number of hydrogen-bond donors (Lipinski definition) is 1. The second kappa shape index (κ2) is 6.75. The quantitative estimate of drug-likeness (QED) is 0.875. The molecule has 1 aromatic carbocycles. The third kappa shape index (κ3) is 4.42. The Morgan fingerprint density at radius 3 is 2.95 bits per heavy atom. The summed E-state index contributed by atoms with van der Waals surface area (Å²) in [5.74, 6) is 1.94. The molecule has 0 radical (unpaired) electrons. The summed E-state index contributed by atoms with van der Waals surface area (Å²) in [7, 11) is 0. The van der Waals surface area contributed by atoms with Gasteiger partial charge in [-0.3, -0.25) is 4.79 Å². The van der Waals surface area contributed by atoms with Crippen molar-refractivity contribution in [3.8, 4) is 5.75 Å². The maximum Gasteiger partial charge on any atom is 0.257 e. The summed E-state index contributed by atoms with van der Waals surface area (Å²) in [6, 6.07) is 7.59. The van der Waals surface area contributed by atoms with Crippen LogP contribution in [-0.4, -0.2) is 24.0 Å². The maximum atomic E-state index is 11.6. The Kier molecular flexibility index (Phi) is 4.76. The largest absolute Gasteiger partial charge is 0.484 e. The fourth-order valence-electron chi connectivity index (χ4n) is 1.73. The second-order valence-corrected chi connectivity index (χ2v) is 4.57. The Hall–Kier alpha value is -2.30. The van der Waals surface area contributed by atoms with Crippen molar-refractivity contribution in [3.05, 3.63) is 47.7 Å². The molecule has 0 aliphatic heterocycles. The van der Waals surface area contributed by atoms with Crippen molar-refractivity contribution in [1.29, 1.82) is 0 Å². The van der Waals surface area contributed by atoms with Gasteiger partial charge in [-0.1, -0.05) is 12.1 Å². The monoisotopic (exact) mass is 274 g/mol. The molecule has 2 rings (SSSR count). The van der Waals surface area contributed by atoms with Crippen LogP contribution in [0.2, 0.25) is 0 Å². The van der Waals surface area contributed by atoms with E-state index in [2.05, 4.69) is 10.3 Å². The number of hydrogen-bond acceptors (Lipinski definition) is 4. The molecule has 1 N–H and O–H groups in total. The predicted molar refractivity (Wildman–Crippen MR) is 74.6 cm³/mol. The zero-order valence-electron chi connectivity index (χ0n) is 11.7. The molecule has 5 heteroatoms. The zero-order valence-corrected chi connectivity index (χ0v) is 11.7. The number of rotatable bonds is 6. The van der Waals surface area contributed by atoms with Gasteiger partial charge in [-0.2, -0.15) is 0 Å². The highest BCUT2D eigenvalue weighted by atomic mass is 16.5. The number of carbonyl (C=O) groups excluding carboxylic acids is 1. The van der Waals surface area contributed by atoms with E-state index in [1.165, 1.54) is 0 Å². The molecule has 5 nitrogen and oxygen atoms in total. The predicted octanol–water partition coefficient (Wildman–Crippen LogP) is 2.03. The van der Waals surface area contributed by atoms with Crippen molar-refractivity contribution in [1.82, 2.24) is 10.3 Å². The van der Waals surface area contributed by atoms with Crippen LogP contribution in [0, 0.1) is 13.8 Å². The van der Waals surface area contributed by atoms with Crippen LogP contribution < -0.4 is 10.1 Å². The van der Waals surface area contributed by atoms with Gasteiger partial charge in [0.15, 0.2) is 12.5 Å². The minimum atomic E-state index is -0.158. The Morgan fingerprint density at radius 2 is 2.25 bits per heavy atom. The lowest BCUT2D eigenvalue weighted by Gasteiger charge is -2.07. The second-order valence-electron chi connectivity index (χ2n) is 4.57. The minimum Gasteiger partial charge on any atom is -0.484 e. The lowest BCUT2D eigenvalue weighted by Crippen LogP contribution is -2.30. The number of nitrogens with one attached hydrogen (secondary N) is 1. The van der Waals surface area contributed by atoms with E-state index in [9.17, 15) is 4.79 Å². The Bertz CT molecular complexity index is 578. The SMILES string of the molecule is Cc1cccc(OCC(=O)NCCc2ncc(C)o2)c1. The molecule has 1 aromatic heterocycles. The number of aryl methyl sites for hydroxylation is 2. The topological polar surface area (TPSA) is 64.4 Å². The van der Waals surface area contributed by atoms with Crippen LogP contribution in [0.1, 0.15) is 17.2 Å². The minimum absolute atomic E-state index is 0.00800. The average molecular weight is 274 g/mol. The summed E-state index contributed by atoms with van der Waals surface area (Å²) in [6.45, 7) is 4.31. The molecule has 1 heterocycles. The van der Waals surface area contributed by atoms with Crippen molar-refractivity contribution in [2.75, 3.05) is 13.2 Å². The molecule has 2 aromatic rings. The summed E-state index contributed by atoms with van der Waals surface area (Å²) in [6.07, 6.45) is 2.24. The van der Waals surface area contributed by atoms with Gasteiger partial charge in [0, 0.05) is 13.0 Å². The maximum absolute atomic E-state index is 11.6. The van der Waals surface area contributed by atoms with E-state index in [1.54, 1.807) is 6.20 Å². The van der Waals surface area contributed by atoms with Crippen molar-refractivity contribution in [2.24, 2.45) is 0 Å². The normalized spacial score (nSPS) is 10.3. The molecule has 0 saturated heterocycles. The molecule has 0 aliphatic rings. The first-order valence-corrected chi connectivity index (χ1v) is 6.51. The number of benzene rings is 1. The van der Waals surface area contributed by atoms with E-state index in [-0.39, 0.29) is 12.5 Å². The summed E-state index contributed by atoms with van der Waals surface area (Å²) in [5, 5.41) is 2.76. The molecule has 20 heavy (non-hydrogen) atoms. The number of amides is 1. The van der Waals surface area contributed by atoms with Gasteiger partial charge < -0.3 is 14.5 Å². The number of aromatic nitrogens is 1. The van der Waals surface area contributed by atoms with Crippen LogP contribution in [0.4, 0.5) is 0 Å². The smallest absolute Gasteiger partial charge is 0.257 e. The molecule has 0 atom stereocenters. The van der Waals surface area contributed by atoms with Crippen LogP contribution in [-0.2, 0) is 11.2 Å². The number of carbonyl (C=O) groups is 1. The molecule has 0 fully saturated rings. The molecule has 1 amide bonds. The van der Waals surface area contributed by atoms with Crippen LogP contribution in [0.3, 0.4) is 0 Å². The third-order valence-corrected chi connectivity index (χ3v) is 2.69. The summed E-state index contributed by atoms with van der Waals surface area (Å²) < 4.78 is 10.7. The van der Waals surface area contributed by atoms with Gasteiger partial charge in [-0.15, -0.1) is 0 Å². The van der Waals surface area contributed by atoms with Crippen molar-refractivity contribution in [3.63, 3.8) is 0 Å². The van der Waals surface area contributed by atoms with Crippen molar-refractivity contribution < 1.29 is 13.9 Å². The van der Waals surface area contributed by atoms with Crippen LogP contribution >= 0.6 is 0 Å². The summed E-state index contributed by atoms with van der Waals surface area (Å²) in [4.78, 5) is 15.7. The standard InChI is InChI=1S/C15H18N2O3/c1-11-4-3-5-13(8-11)19-10-14(18)16-7-6-15-17-9-12(2)20-15/h3-5,8-9H,6-7,10H2,1-2H3,(H,16,18). The van der Waals surface area contributed by atoms with Crippen LogP contribution in [0.15, 0.2) is 34.9 Å². The van der Waals surface area contributed by atoms with E-state index < -0.39 is 0 Å². The van der Waals surface area contributed by atoms with Crippen molar-refractivity contribution >= 4 is 5.91 Å².